The van der Waals surface area contributed by atoms with Gasteiger partial charge in [0.05, 0.1) is 22.4 Å². The molecule has 2 nitrogen and oxygen atoms in total. The second kappa shape index (κ2) is 11.6. The Morgan fingerprint density at radius 3 is 1.76 bits per heavy atom. The maximum atomic E-state index is 2.54. The molecule has 0 N–H and O–H groups in total. The molecule has 11 aromatic rings. The highest BCUT2D eigenvalue weighted by Crippen LogP contribution is 2.62. The van der Waals surface area contributed by atoms with Gasteiger partial charge in [-0.2, -0.15) is 0 Å². The molecule has 1 aliphatic heterocycles. The fourth-order valence-electron chi connectivity index (χ4n) is 10.9. The van der Waals surface area contributed by atoms with Gasteiger partial charge in [0.15, 0.2) is 0 Å². The molecule has 1 atom stereocenters. The summed E-state index contributed by atoms with van der Waals surface area (Å²) in [7, 11) is 0. The van der Waals surface area contributed by atoms with Crippen LogP contribution in [-0.4, -0.2) is 4.57 Å². The second-order valence-corrected chi connectivity index (χ2v) is 16.1. The van der Waals surface area contributed by atoms with Crippen LogP contribution >= 0.6 is 0 Å². The Bertz CT molecular complexity index is 3500. The normalized spacial score (nSPS) is 15.4. The lowest BCUT2D eigenvalue weighted by molar-refractivity contribution is 0.702. The largest absolute Gasteiger partial charge is 0.310 e. The fraction of sp³-hybridized carbons (Fsp3) is 0.0357. The molecule has 0 bridgehead atoms. The van der Waals surface area contributed by atoms with Gasteiger partial charge >= 0.3 is 0 Å². The van der Waals surface area contributed by atoms with Crippen molar-refractivity contribution in [3.8, 4) is 27.9 Å². The van der Waals surface area contributed by atoms with E-state index in [0.29, 0.717) is 0 Å². The van der Waals surface area contributed by atoms with E-state index >= 15 is 0 Å². The molecular weight excluding hydrogens is 701 g/mol. The van der Waals surface area contributed by atoms with Crippen molar-refractivity contribution in [2.75, 3.05) is 4.90 Å². The highest BCUT2D eigenvalue weighted by Gasteiger charge is 2.48. The summed E-state index contributed by atoms with van der Waals surface area (Å²) in [4.78, 5) is 2.54. The molecule has 0 amide bonds. The van der Waals surface area contributed by atoms with Crippen LogP contribution in [-0.2, 0) is 5.41 Å². The van der Waals surface area contributed by atoms with Crippen LogP contribution < -0.4 is 4.90 Å². The highest BCUT2D eigenvalue weighted by molar-refractivity contribution is 6.26. The average Bonchev–Trinajstić information content (AvgIpc) is 3.77. The van der Waals surface area contributed by atoms with E-state index in [9.17, 15) is 0 Å². The van der Waals surface area contributed by atoms with E-state index in [4.69, 9.17) is 0 Å². The smallest absolute Gasteiger partial charge is 0.0547 e. The monoisotopic (exact) mass is 736 g/mol. The summed E-state index contributed by atoms with van der Waals surface area (Å²) in [5.41, 5.74) is 16.1. The van der Waals surface area contributed by atoms with Crippen LogP contribution in [0.25, 0.3) is 82.1 Å². The van der Waals surface area contributed by atoms with E-state index in [1.165, 1.54) is 116 Å². The number of anilines is 3. The zero-order valence-electron chi connectivity index (χ0n) is 31.9. The minimum absolute atomic E-state index is 0.351. The van der Waals surface area contributed by atoms with Crippen LogP contribution in [0.2, 0.25) is 0 Å². The summed E-state index contributed by atoms with van der Waals surface area (Å²) in [6.45, 7) is 2.46. The number of hydrogen-bond donors (Lipinski definition) is 0. The van der Waals surface area contributed by atoms with Crippen LogP contribution in [0.1, 0.15) is 23.6 Å². The van der Waals surface area contributed by atoms with Crippen LogP contribution in [0, 0.1) is 0 Å². The van der Waals surface area contributed by atoms with Gasteiger partial charge < -0.3 is 9.47 Å². The minimum Gasteiger partial charge on any atom is -0.310 e. The van der Waals surface area contributed by atoms with Gasteiger partial charge in [-0.25, -0.2) is 0 Å². The van der Waals surface area contributed by atoms with Gasteiger partial charge in [0.25, 0.3) is 0 Å². The first-order chi connectivity index (χ1) is 28.7. The molecule has 270 valence electrons. The maximum absolute atomic E-state index is 2.54. The Morgan fingerprint density at radius 1 is 0.362 bits per heavy atom. The Morgan fingerprint density at radius 2 is 0.966 bits per heavy atom. The third-order valence-corrected chi connectivity index (χ3v) is 13.3. The third kappa shape index (κ3) is 4.06. The summed E-state index contributed by atoms with van der Waals surface area (Å²) < 4.78 is 2.41. The minimum atomic E-state index is -0.351. The molecular formula is C56H36N2. The number of benzene rings is 10. The molecule has 0 radical (unpaired) electrons. The van der Waals surface area contributed by atoms with E-state index < -0.39 is 0 Å². The van der Waals surface area contributed by atoms with Crippen molar-refractivity contribution in [1.82, 2.24) is 4.57 Å². The van der Waals surface area contributed by atoms with E-state index in [-0.39, 0.29) is 5.41 Å². The lowest BCUT2D eigenvalue weighted by Crippen LogP contribution is -2.32. The van der Waals surface area contributed by atoms with Gasteiger partial charge in [0, 0.05) is 27.6 Å². The van der Waals surface area contributed by atoms with Gasteiger partial charge in [-0.05, 0) is 133 Å². The predicted octanol–water partition coefficient (Wildman–Crippen LogP) is 15.0. The van der Waals surface area contributed by atoms with Crippen LogP contribution in [0.3, 0.4) is 0 Å². The Balaban J connectivity index is 1.10. The third-order valence-electron chi connectivity index (χ3n) is 13.3. The van der Waals surface area contributed by atoms with Crippen molar-refractivity contribution in [3.05, 3.63) is 217 Å². The van der Waals surface area contributed by atoms with Gasteiger partial charge in [0.2, 0.25) is 0 Å². The van der Waals surface area contributed by atoms with E-state index in [0.717, 1.165) is 0 Å². The number of para-hydroxylation sites is 2. The van der Waals surface area contributed by atoms with Crippen molar-refractivity contribution in [1.29, 1.82) is 0 Å². The first kappa shape index (κ1) is 31.7. The molecule has 0 spiro atoms. The van der Waals surface area contributed by atoms with E-state index in [2.05, 4.69) is 217 Å². The van der Waals surface area contributed by atoms with Crippen LogP contribution in [0.4, 0.5) is 17.1 Å². The Hall–Kier alpha value is -7.42. The fourth-order valence-corrected chi connectivity index (χ4v) is 10.9. The summed E-state index contributed by atoms with van der Waals surface area (Å²) in [5.74, 6) is 0. The first-order valence-electron chi connectivity index (χ1n) is 20.3. The number of nitrogens with zero attached hydrogens (tertiary/aromatic N) is 2. The molecule has 0 saturated carbocycles. The molecule has 0 unspecified atom stereocenters. The average molecular weight is 737 g/mol. The summed E-state index contributed by atoms with van der Waals surface area (Å²) in [5, 5.41) is 10.3. The summed E-state index contributed by atoms with van der Waals surface area (Å²) in [6.07, 6.45) is 0. The van der Waals surface area contributed by atoms with Gasteiger partial charge in [-0.15, -0.1) is 0 Å². The molecule has 2 aliphatic rings. The van der Waals surface area contributed by atoms with Crippen molar-refractivity contribution in [3.63, 3.8) is 0 Å². The highest BCUT2D eigenvalue weighted by atomic mass is 15.2. The summed E-state index contributed by atoms with van der Waals surface area (Å²) >= 11 is 0. The Kier molecular flexibility index (Phi) is 6.33. The molecule has 0 fully saturated rings. The summed E-state index contributed by atoms with van der Waals surface area (Å²) in [6, 6.07) is 74.5. The molecule has 58 heavy (non-hydrogen) atoms. The molecule has 10 aromatic carbocycles. The topological polar surface area (TPSA) is 8.17 Å². The molecule has 13 rings (SSSR count). The SMILES string of the molecule is C[C@@]12c3ccccc3-c3cccc(c31)N(c1ccc3c4ccccc4c4ccccc4c3c1)c1ccc(-c3cccc4c3c3ccccc3n4-c3ccccc3)cc12. The van der Waals surface area contributed by atoms with E-state index in [1.807, 2.05) is 0 Å². The molecule has 1 aromatic heterocycles. The predicted molar refractivity (Wildman–Crippen MR) is 244 cm³/mol. The zero-order valence-corrected chi connectivity index (χ0v) is 31.9. The van der Waals surface area contributed by atoms with Gasteiger partial charge in [-0.1, -0.05) is 146 Å². The molecule has 1 aliphatic carbocycles. The lowest BCUT2D eigenvalue weighted by atomic mass is 9.70. The lowest BCUT2D eigenvalue weighted by Gasteiger charge is -2.42. The van der Waals surface area contributed by atoms with Crippen molar-refractivity contribution >= 4 is 71.2 Å². The quantitative estimate of drug-likeness (QED) is 0.164. The zero-order chi connectivity index (χ0) is 38.1. The number of aromatic nitrogens is 1. The van der Waals surface area contributed by atoms with Crippen molar-refractivity contribution in [2.24, 2.45) is 0 Å². The standard InChI is InChI=1S/C56H36N2/c1-56-48-25-11-9-21-44(48)45-24-14-28-53(55(45)56)58(37-30-31-43-41-19-6-5-17-39(41)40-18-7-8-20-42(40)47(43)34-37)51-32-29-35(33-49(51)56)38-23-13-27-52-54(38)46-22-10-12-26-50(46)57(52)36-15-3-2-4-16-36/h2-34H,1H3/t56-/m0/s1. The molecule has 2 heterocycles. The van der Waals surface area contributed by atoms with Crippen LogP contribution in [0.5, 0.6) is 0 Å². The molecule has 2 heteroatoms. The Labute approximate surface area is 336 Å². The van der Waals surface area contributed by atoms with Crippen molar-refractivity contribution in [2.45, 2.75) is 12.3 Å². The van der Waals surface area contributed by atoms with Crippen molar-refractivity contribution < 1.29 is 0 Å². The maximum Gasteiger partial charge on any atom is 0.0547 e. The van der Waals surface area contributed by atoms with Gasteiger partial charge in [-0.3, -0.25) is 0 Å². The number of fused-ring (bicyclic) bond motifs is 14. The molecule has 0 saturated heterocycles. The second-order valence-electron chi connectivity index (χ2n) is 16.1. The number of rotatable bonds is 3. The van der Waals surface area contributed by atoms with Gasteiger partial charge in [0.1, 0.15) is 0 Å². The van der Waals surface area contributed by atoms with E-state index in [1.54, 1.807) is 0 Å². The number of hydrogen-bond acceptors (Lipinski definition) is 1. The first-order valence-corrected chi connectivity index (χ1v) is 20.3. The van der Waals surface area contributed by atoms with Crippen LogP contribution in [0.15, 0.2) is 200 Å².